The molecule has 1 aliphatic rings. The Hall–Kier alpha value is -2.53. The molecule has 1 heterocycles. The molecule has 28 heavy (non-hydrogen) atoms. The lowest BCUT2D eigenvalue weighted by molar-refractivity contribution is -0.126. The van der Waals surface area contributed by atoms with E-state index in [0.717, 1.165) is 11.4 Å². The number of nitrogens with zero attached hydrogens (tertiary/aromatic N) is 1. The van der Waals surface area contributed by atoms with E-state index in [1.807, 2.05) is 12.1 Å². The van der Waals surface area contributed by atoms with Crippen molar-refractivity contribution in [3.05, 3.63) is 58.6 Å². The molecule has 2 amide bonds. The minimum absolute atomic E-state index is 0.0875. The second-order valence-corrected chi connectivity index (χ2v) is 8.39. The third kappa shape index (κ3) is 4.30. The van der Waals surface area contributed by atoms with Crippen molar-refractivity contribution >= 4 is 29.1 Å². The number of nitrogens with one attached hydrogen (secondary N) is 1. The molecular formula is C22H25ClN2O3. The number of carbonyl (C=O) groups is 2. The van der Waals surface area contributed by atoms with E-state index in [4.69, 9.17) is 16.3 Å². The molecule has 1 unspecified atom stereocenters. The Morgan fingerprint density at radius 3 is 2.46 bits per heavy atom. The average Bonchev–Trinajstić information content (AvgIpc) is 2.86. The first kappa shape index (κ1) is 20.2. The Bertz CT molecular complexity index is 888. The lowest BCUT2D eigenvalue weighted by Gasteiger charge is -2.20. The fourth-order valence-electron chi connectivity index (χ4n) is 3.29. The van der Waals surface area contributed by atoms with Crippen molar-refractivity contribution in [2.24, 2.45) is 0 Å². The molecule has 0 fully saturated rings. The zero-order valence-corrected chi connectivity index (χ0v) is 17.3. The van der Waals surface area contributed by atoms with Crippen LogP contribution in [0.5, 0.6) is 5.75 Å². The van der Waals surface area contributed by atoms with Crippen molar-refractivity contribution in [3.63, 3.8) is 0 Å². The summed E-state index contributed by atoms with van der Waals surface area (Å²) in [5.41, 5.74) is 2.78. The van der Waals surface area contributed by atoms with Gasteiger partial charge in [0.1, 0.15) is 18.4 Å². The summed E-state index contributed by atoms with van der Waals surface area (Å²) in [5, 5.41) is 3.23. The minimum atomic E-state index is -0.711. The zero-order valence-electron chi connectivity index (χ0n) is 16.6. The normalized spacial score (nSPS) is 16.1. The van der Waals surface area contributed by atoms with Crippen LogP contribution in [0.15, 0.2) is 42.5 Å². The number of amides is 2. The van der Waals surface area contributed by atoms with Crippen LogP contribution in [0.2, 0.25) is 5.02 Å². The van der Waals surface area contributed by atoms with Gasteiger partial charge in [-0.25, -0.2) is 0 Å². The van der Waals surface area contributed by atoms with Gasteiger partial charge in [0.05, 0.1) is 6.54 Å². The summed E-state index contributed by atoms with van der Waals surface area (Å²) in [6.45, 7) is 8.61. The lowest BCUT2D eigenvalue weighted by Crippen LogP contribution is -2.38. The smallest absolute Gasteiger partial charge is 0.254 e. The van der Waals surface area contributed by atoms with Crippen molar-refractivity contribution in [2.45, 2.75) is 39.2 Å². The van der Waals surface area contributed by atoms with Gasteiger partial charge in [0, 0.05) is 23.2 Å². The quantitative estimate of drug-likeness (QED) is 0.816. The van der Waals surface area contributed by atoms with Gasteiger partial charge in [-0.15, -0.1) is 0 Å². The number of hydrogen-bond donors (Lipinski definition) is 1. The molecular weight excluding hydrogens is 376 g/mol. The molecule has 1 N–H and O–H groups in total. The van der Waals surface area contributed by atoms with Crippen LogP contribution in [0.3, 0.4) is 0 Å². The molecule has 0 saturated carbocycles. The molecule has 2 aromatic carbocycles. The number of hydrogen-bond acceptors (Lipinski definition) is 3. The molecule has 0 spiro atoms. The van der Waals surface area contributed by atoms with Gasteiger partial charge in [0.25, 0.3) is 5.91 Å². The second kappa shape index (κ2) is 7.84. The van der Waals surface area contributed by atoms with E-state index in [0.29, 0.717) is 23.7 Å². The highest BCUT2D eigenvalue weighted by molar-refractivity contribution is 6.31. The first-order valence-electron chi connectivity index (χ1n) is 9.28. The maximum atomic E-state index is 12.8. The number of anilines is 1. The van der Waals surface area contributed by atoms with E-state index in [1.54, 1.807) is 23.1 Å². The van der Waals surface area contributed by atoms with Crippen LogP contribution < -0.4 is 15.0 Å². The van der Waals surface area contributed by atoms with E-state index in [9.17, 15) is 9.59 Å². The average molecular weight is 401 g/mol. The fraction of sp³-hybridized carbons (Fsp3) is 0.364. The number of rotatable bonds is 5. The van der Waals surface area contributed by atoms with Gasteiger partial charge in [-0.05, 0) is 41.3 Å². The van der Waals surface area contributed by atoms with E-state index < -0.39 is 6.04 Å². The van der Waals surface area contributed by atoms with Crippen LogP contribution in [0.1, 0.15) is 44.9 Å². The maximum Gasteiger partial charge on any atom is 0.254 e. The molecule has 3 rings (SSSR count). The highest BCUT2D eigenvalue weighted by Crippen LogP contribution is 2.37. The Morgan fingerprint density at radius 1 is 1.18 bits per heavy atom. The van der Waals surface area contributed by atoms with Gasteiger partial charge in [0.15, 0.2) is 0 Å². The molecule has 0 aromatic heterocycles. The predicted molar refractivity (Wildman–Crippen MR) is 111 cm³/mol. The Labute approximate surface area is 170 Å². The molecule has 0 aliphatic carbocycles. The molecule has 1 atom stereocenters. The van der Waals surface area contributed by atoms with E-state index in [1.165, 1.54) is 12.5 Å². The summed E-state index contributed by atoms with van der Waals surface area (Å²) in [6.07, 6.45) is 0. The Balaban J connectivity index is 1.69. The van der Waals surface area contributed by atoms with Crippen molar-refractivity contribution in [1.82, 2.24) is 5.32 Å². The number of fused-ring (bicyclic) bond motifs is 1. The molecule has 6 heteroatoms. The maximum absolute atomic E-state index is 12.8. The number of carbonyl (C=O) groups excluding carboxylic acids is 2. The summed E-state index contributed by atoms with van der Waals surface area (Å²) in [6, 6.07) is 12.6. The van der Waals surface area contributed by atoms with Crippen LogP contribution in [0.4, 0.5) is 5.69 Å². The summed E-state index contributed by atoms with van der Waals surface area (Å²) >= 11 is 6.08. The zero-order chi connectivity index (χ0) is 20.5. The van der Waals surface area contributed by atoms with Gasteiger partial charge in [-0.2, -0.15) is 0 Å². The van der Waals surface area contributed by atoms with Gasteiger partial charge in [-0.3, -0.25) is 9.59 Å². The van der Waals surface area contributed by atoms with Crippen molar-refractivity contribution < 1.29 is 14.3 Å². The number of ether oxygens (including phenoxy) is 1. The second-order valence-electron chi connectivity index (χ2n) is 7.95. The van der Waals surface area contributed by atoms with Gasteiger partial charge in [0.2, 0.25) is 5.91 Å². The minimum Gasteiger partial charge on any atom is -0.492 e. The van der Waals surface area contributed by atoms with Crippen LogP contribution >= 0.6 is 11.6 Å². The molecule has 0 saturated heterocycles. The topological polar surface area (TPSA) is 58.6 Å². The lowest BCUT2D eigenvalue weighted by atomic mass is 9.87. The molecule has 0 radical (unpaired) electrons. The highest BCUT2D eigenvalue weighted by atomic mass is 35.5. The molecule has 148 valence electrons. The van der Waals surface area contributed by atoms with Crippen molar-refractivity contribution in [2.75, 3.05) is 18.1 Å². The first-order chi connectivity index (χ1) is 13.2. The van der Waals surface area contributed by atoms with Crippen molar-refractivity contribution in [3.8, 4) is 5.75 Å². The SMILES string of the molecule is CC(=O)NC1C(=O)N(CCOc2ccc(C(C)(C)C)cc2)c2ccc(Cl)cc21. The predicted octanol–water partition coefficient (Wildman–Crippen LogP) is 4.24. The molecule has 2 aromatic rings. The Kier molecular flexibility index (Phi) is 5.66. The standard InChI is InChI=1S/C22H25ClN2O3/c1-14(26)24-20-18-13-16(23)7-10-19(18)25(21(20)27)11-12-28-17-8-5-15(6-9-17)22(2,3)4/h5-10,13,20H,11-12H2,1-4H3,(H,24,26). The number of halogens is 1. The molecule has 5 nitrogen and oxygen atoms in total. The third-order valence-corrected chi connectivity index (χ3v) is 4.99. The van der Waals surface area contributed by atoms with Crippen molar-refractivity contribution in [1.29, 1.82) is 0 Å². The van der Waals surface area contributed by atoms with E-state index >= 15 is 0 Å². The summed E-state index contributed by atoms with van der Waals surface area (Å²) < 4.78 is 5.83. The largest absolute Gasteiger partial charge is 0.492 e. The van der Waals surface area contributed by atoms with Crippen LogP contribution in [-0.2, 0) is 15.0 Å². The van der Waals surface area contributed by atoms with Gasteiger partial charge in [-0.1, -0.05) is 44.5 Å². The highest BCUT2D eigenvalue weighted by Gasteiger charge is 2.37. The Morgan fingerprint density at radius 2 is 1.86 bits per heavy atom. The van der Waals surface area contributed by atoms with E-state index in [2.05, 4.69) is 38.2 Å². The fourth-order valence-corrected chi connectivity index (χ4v) is 3.47. The summed E-state index contributed by atoms with van der Waals surface area (Å²) in [7, 11) is 0. The third-order valence-electron chi connectivity index (χ3n) is 4.76. The van der Waals surface area contributed by atoms with Crippen LogP contribution in [0.25, 0.3) is 0 Å². The summed E-state index contributed by atoms with van der Waals surface area (Å²) in [5.74, 6) is 0.315. The molecule has 0 bridgehead atoms. The first-order valence-corrected chi connectivity index (χ1v) is 9.66. The monoisotopic (exact) mass is 400 g/mol. The number of benzene rings is 2. The van der Waals surface area contributed by atoms with Crippen LogP contribution in [-0.4, -0.2) is 25.0 Å². The van der Waals surface area contributed by atoms with Gasteiger partial charge < -0.3 is 15.0 Å². The van der Waals surface area contributed by atoms with Crippen LogP contribution in [0, 0.1) is 0 Å². The summed E-state index contributed by atoms with van der Waals surface area (Å²) in [4.78, 5) is 26.0. The molecule has 1 aliphatic heterocycles. The van der Waals surface area contributed by atoms with Gasteiger partial charge >= 0.3 is 0 Å². The van der Waals surface area contributed by atoms with E-state index in [-0.39, 0.29) is 17.2 Å².